The van der Waals surface area contributed by atoms with Gasteiger partial charge in [-0.15, -0.1) is 0 Å². The number of hydrogen-bond donors (Lipinski definition) is 0. The highest BCUT2D eigenvalue weighted by molar-refractivity contribution is 5.85. The van der Waals surface area contributed by atoms with Crippen LogP contribution in [0.25, 0.3) is 0 Å². The number of oxime groups is 1. The molecule has 6 nitrogen and oxygen atoms in total. The summed E-state index contributed by atoms with van der Waals surface area (Å²) in [5, 5.41) is 13.9. The molecule has 0 radical (unpaired) electrons. The smallest absolute Gasteiger partial charge is 0.311 e. The van der Waals surface area contributed by atoms with Gasteiger partial charge in [0.05, 0.1) is 11.6 Å². The number of ether oxygens (including phenoxy) is 2. The molecule has 0 heterocycles. The van der Waals surface area contributed by atoms with Crippen LogP contribution in [0.3, 0.4) is 0 Å². The Balaban J connectivity index is 1.62. The average Bonchev–Trinajstić information content (AvgIpc) is 3.31. The first-order valence-corrected chi connectivity index (χ1v) is 11.6. The van der Waals surface area contributed by atoms with Crippen molar-refractivity contribution in [2.24, 2.45) is 27.8 Å². The summed E-state index contributed by atoms with van der Waals surface area (Å²) in [5.41, 5.74) is 1.23. The molecule has 0 N–H and O–H groups in total. The fraction of sp³-hybridized carbons (Fsp3) is 0.464. The van der Waals surface area contributed by atoms with E-state index in [-0.39, 0.29) is 28.6 Å². The van der Waals surface area contributed by atoms with Gasteiger partial charge >= 0.3 is 5.97 Å². The molecule has 0 amide bonds. The molecular formula is C28H34N2O4. The lowest BCUT2D eigenvalue weighted by molar-refractivity contribution is -0.149. The normalized spacial score (nSPS) is 20.1. The van der Waals surface area contributed by atoms with Gasteiger partial charge in [-0.1, -0.05) is 70.1 Å². The number of hydrogen-bond acceptors (Lipinski definition) is 6. The minimum atomic E-state index is -1.01. The molecule has 0 saturated heterocycles. The molecule has 2 aromatic carbocycles. The number of carbonyl (C=O) groups excluding carboxylic acids is 1. The minimum absolute atomic E-state index is 0.0325. The van der Waals surface area contributed by atoms with E-state index in [1.54, 1.807) is 24.3 Å². The third kappa shape index (κ3) is 6.60. The third-order valence-electron chi connectivity index (χ3n) is 6.03. The predicted octanol–water partition coefficient (Wildman–Crippen LogP) is 6.69. The molecule has 3 rings (SSSR count). The number of rotatable bonds is 9. The van der Waals surface area contributed by atoms with Crippen molar-refractivity contribution in [1.29, 1.82) is 5.26 Å². The molecule has 1 aliphatic rings. The van der Waals surface area contributed by atoms with Crippen molar-refractivity contribution >= 4 is 11.7 Å². The quantitative estimate of drug-likeness (QED) is 0.236. The first kappa shape index (κ1) is 25.3. The summed E-state index contributed by atoms with van der Waals surface area (Å²) >= 11 is 0. The lowest BCUT2D eigenvalue weighted by Gasteiger charge is -2.15. The molecule has 3 atom stereocenters. The maximum Gasteiger partial charge on any atom is 0.311 e. The Labute approximate surface area is 202 Å². The van der Waals surface area contributed by atoms with E-state index in [1.807, 2.05) is 51.1 Å². The van der Waals surface area contributed by atoms with Gasteiger partial charge in [-0.2, -0.15) is 5.26 Å². The second-order valence-electron chi connectivity index (χ2n) is 10.7. The third-order valence-corrected chi connectivity index (χ3v) is 6.03. The second-order valence-corrected chi connectivity index (χ2v) is 10.7. The number of nitrogens with zero attached hydrogens (tertiary/aromatic N) is 2. The first-order chi connectivity index (χ1) is 16.0. The number of esters is 1. The van der Waals surface area contributed by atoms with Crippen molar-refractivity contribution in [3.8, 4) is 17.6 Å². The van der Waals surface area contributed by atoms with Gasteiger partial charge in [-0.25, -0.2) is 0 Å². The maximum absolute atomic E-state index is 13.0. The predicted molar refractivity (Wildman–Crippen MR) is 131 cm³/mol. The Morgan fingerprint density at radius 3 is 2.44 bits per heavy atom. The van der Waals surface area contributed by atoms with E-state index in [9.17, 15) is 10.1 Å². The fourth-order valence-corrected chi connectivity index (χ4v) is 4.01. The molecule has 180 valence electrons. The van der Waals surface area contributed by atoms with Gasteiger partial charge in [0.2, 0.25) is 6.10 Å². The van der Waals surface area contributed by atoms with Gasteiger partial charge in [0.25, 0.3) is 0 Å². The van der Waals surface area contributed by atoms with Gasteiger partial charge in [-0.3, -0.25) is 4.79 Å². The molecule has 1 unspecified atom stereocenters. The lowest BCUT2D eigenvalue weighted by Crippen LogP contribution is -2.15. The molecule has 34 heavy (non-hydrogen) atoms. The van der Waals surface area contributed by atoms with E-state index in [1.165, 1.54) is 0 Å². The number of carbonyl (C=O) groups is 1. The van der Waals surface area contributed by atoms with Crippen LogP contribution in [0, 0.1) is 34.0 Å². The SMILES string of the molecule is CC(C[C@H]1[C@@H](C(=O)OC(C#N)c2cccc(Oc3ccccc3)c2)C1(C)C)=NOCC(C)(C)C. The summed E-state index contributed by atoms with van der Waals surface area (Å²) in [6.07, 6.45) is -0.358. The van der Waals surface area contributed by atoms with Crippen molar-refractivity contribution < 1.29 is 19.1 Å². The standard InChI is InChI=1S/C28H34N2O4/c1-19(30-32-18-27(2,3)4)15-23-25(28(23,5)6)26(31)34-24(17-29)20-11-10-14-22(16-20)33-21-12-8-7-9-13-21/h7-14,16,23-25H,15,18H2,1-6H3/t23-,24?,25-/m0/s1. The van der Waals surface area contributed by atoms with Crippen LogP contribution in [0.15, 0.2) is 59.8 Å². The van der Waals surface area contributed by atoms with Crippen LogP contribution < -0.4 is 4.74 Å². The molecule has 6 heteroatoms. The van der Waals surface area contributed by atoms with E-state index in [4.69, 9.17) is 14.3 Å². The van der Waals surface area contributed by atoms with Gasteiger partial charge < -0.3 is 14.3 Å². The second kappa shape index (κ2) is 10.3. The van der Waals surface area contributed by atoms with Gasteiger partial charge in [0, 0.05) is 5.56 Å². The molecule has 2 aromatic rings. The van der Waals surface area contributed by atoms with Gasteiger partial charge in [0.15, 0.2) is 0 Å². The Hall–Kier alpha value is -3.33. The Bertz CT molecular complexity index is 1060. The van der Waals surface area contributed by atoms with Crippen LogP contribution >= 0.6 is 0 Å². The number of benzene rings is 2. The van der Waals surface area contributed by atoms with Crippen LogP contribution in [0.4, 0.5) is 0 Å². The number of para-hydroxylation sites is 1. The molecule has 1 aliphatic carbocycles. The van der Waals surface area contributed by atoms with Crippen molar-refractivity contribution in [3.63, 3.8) is 0 Å². The summed E-state index contributed by atoms with van der Waals surface area (Å²) < 4.78 is 11.5. The molecule has 0 bridgehead atoms. The van der Waals surface area contributed by atoms with E-state index in [0.717, 1.165) is 5.71 Å². The zero-order valence-electron chi connectivity index (χ0n) is 20.9. The summed E-state index contributed by atoms with van der Waals surface area (Å²) in [5.74, 6) is 0.705. The molecule has 1 saturated carbocycles. The zero-order valence-corrected chi connectivity index (χ0v) is 20.9. The molecule has 0 spiro atoms. The highest BCUT2D eigenvalue weighted by atomic mass is 16.6. The summed E-state index contributed by atoms with van der Waals surface area (Å²) in [6.45, 7) is 12.8. The van der Waals surface area contributed by atoms with E-state index < -0.39 is 6.10 Å². The molecule has 1 fully saturated rings. The summed E-state index contributed by atoms with van der Waals surface area (Å²) in [4.78, 5) is 18.5. The highest BCUT2D eigenvalue weighted by Gasteiger charge is 2.62. The maximum atomic E-state index is 13.0. The zero-order chi connectivity index (χ0) is 24.9. The molecule has 0 aliphatic heterocycles. The Morgan fingerprint density at radius 1 is 1.12 bits per heavy atom. The highest BCUT2D eigenvalue weighted by Crippen LogP contribution is 2.60. The van der Waals surface area contributed by atoms with Crippen LogP contribution in [0.5, 0.6) is 11.5 Å². The average molecular weight is 463 g/mol. The number of nitriles is 1. The van der Waals surface area contributed by atoms with Crippen LogP contribution in [-0.2, 0) is 14.4 Å². The minimum Gasteiger partial charge on any atom is -0.457 e. The van der Waals surface area contributed by atoms with Crippen molar-refractivity contribution in [2.45, 2.75) is 54.1 Å². The Kier molecular flexibility index (Phi) is 7.66. The van der Waals surface area contributed by atoms with Crippen molar-refractivity contribution in [3.05, 3.63) is 60.2 Å². The van der Waals surface area contributed by atoms with E-state index >= 15 is 0 Å². The van der Waals surface area contributed by atoms with Crippen LogP contribution in [-0.4, -0.2) is 18.3 Å². The fourth-order valence-electron chi connectivity index (χ4n) is 4.01. The largest absolute Gasteiger partial charge is 0.457 e. The lowest BCUT2D eigenvalue weighted by atomic mass is 9.99. The molecule has 0 aromatic heterocycles. The Morgan fingerprint density at radius 2 is 1.79 bits per heavy atom. The van der Waals surface area contributed by atoms with Gasteiger partial charge in [0.1, 0.15) is 24.2 Å². The topological polar surface area (TPSA) is 80.9 Å². The summed E-state index contributed by atoms with van der Waals surface area (Å²) in [6, 6.07) is 18.6. The van der Waals surface area contributed by atoms with Crippen molar-refractivity contribution in [2.75, 3.05) is 6.61 Å². The summed E-state index contributed by atoms with van der Waals surface area (Å²) in [7, 11) is 0. The first-order valence-electron chi connectivity index (χ1n) is 11.6. The van der Waals surface area contributed by atoms with E-state index in [2.05, 4.69) is 32.0 Å². The van der Waals surface area contributed by atoms with Crippen LogP contribution in [0.1, 0.15) is 59.6 Å². The molecular weight excluding hydrogens is 428 g/mol. The van der Waals surface area contributed by atoms with Gasteiger partial charge in [-0.05, 0) is 54.4 Å². The van der Waals surface area contributed by atoms with Crippen LogP contribution in [0.2, 0.25) is 0 Å². The van der Waals surface area contributed by atoms with E-state index in [0.29, 0.717) is 30.1 Å². The van der Waals surface area contributed by atoms with Crippen molar-refractivity contribution in [1.82, 2.24) is 0 Å². The monoisotopic (exact) mass is 462 g/mol.